The molecule has 1 rings (SSSR count). The van der Waals surface area contributed by atoms with Crippen molar-refractivity contribution in [2.45, 2.75) is 39.3 Å². The Morgan fingerprint density at radius 3 is 2.22 bits per heavy atom. The number of rotatable bonds is 5. The fraction of sp³-hybridized carbons (Fsp3) is 0.533. The summed E-state index contributed by atoms with van der Waals surface area (Å²) in [5.74, 6) is 0.139. The van der Waals surface area contributed by atoms with Gasteiger partial charge in [-0.25, -0.2) is 0 Å². The van der Waals surface area contributed by atoms with E-state index in [9.17, 15) is 4.79 Å². The number of hydrogen-bond donors (Lipinski definition) is 1. The van der Waals surface area contributed by atoms with Gasteiger partial charge >= 0.3 is 5.97 Å². The fourth-order valence-corrected chi connectivity index (χ4v) is 2.00. The molecule has 0 heterocycles. The molecule has 0 saturated heterocycles. The first kappa shape index (κ1) is 14.7. The molecule has 1 atom stereocenters. The van der Waals surface area contributed by atoms with Crippen molar-refractivity contribution in [1.29, 1.82) is 0 Å². The molecule has 100 valence electrons. The van der Waals surface area contributed by atoms with Gasteiger partial charge in [-0.15, -0.1) is 0 Å². The first-order chi connectivity index (χ1) is 8.38. The Bertz CT molecular complexity index is 385. The maximum atomic E-state index is 11.7. The lowest BCUT2D eigenvalue weighted by Gasteiger charge is -2.32. The van der Waals surface area contributed by atoms with Crippen LogP contribution in [0.15, 0.2) is 30.3 Å². The van der Waals surface area contributed by atoms with Crippen molar-refractivity contribution in [3.8, 4) is 0 Å². The molecule has 3 heteroatoms. The number of methoxy groups -OCH3 is 1. The number of nitrogens with one attached hydrogen (secondary N) is 1. The van der Waals surface area contributed by atoms with Gasteiger partial charge in [0, 0.05) is 6.04 Å². The molecule has 0 bridgehead atoms. The molecule has 0 aliphatic heterocycles. The predicted molar refractivity (Wildman–Crippen MR) is 73.3 cm³/mol. The lowest BCUT2D eigenvalue weighted by molar-refractivity contribution is -0.147. The Balaban J connectivity index is 2.92. The normalized spacial score (nSPS) is 13.4. The monoisotopic (exact) mass is 249 g/mol. The minimum atomic E-state index is -0.695. The number of esters is 1. The predicted octanol–water partition coefficient (Wildman–Crippen LogP) is 2.92. The topological polar surface area (TPSA) is 38.3 Å². The number of benzene rings is 1. The van der Waals surface area contributed by atoms with Gasteiger partial charge in [-0.1, -0.05) is 44.2 Å². The van der Waals surface area contributed by atoms with Crippen molar-refractivity contribution in [2.24, 2.45) is 5.92 Å². The molecule has 3 nitrogen and oxygen atoms in total. The third-order valence-corrected chi connectivity index (χ3v) is 3.04. The van der Waals surface area contributed by atoms with E-state index in [0.717, 1.165) is 0 Å². The van der Waals surface area contributed by atoms with Crippen LogP contribution in [0.25, 0.3) is 0 Å². The molecule has 1 unspecified atom stereocenters. The van der Waals surface area contributed by atoms with Gasteiger partial charge in [-0.3, -0.25) is 10.1 Å². The van der Waals surface area contributed by atoms with E-state index in [2.05, 4.69) is 31.3 Å². The van der Waals surface area contributed by atoms with Crippen molar-refractivity contribution < 1.29 is 9.53 Å². The van der Waals surface area contributed by atoms with Crippen LogP contribution in [-0.2, 0) is 9.53 Å². The second-order valence-electron chi connectivity index (χ2n) is 5.39. The average molecular weight is 249 g/mol. The largest absolute Gasteiger partial charge is 0.468 e. The zero-order valence-electron chi connectivity index (χ0n) is 11.9. The summed E-state index contributed by atoms with van der Waals surface area (Å²) >= 11 is 0. The van der Waals surface area contributed by atoms with Gasteiger partial charge in [-0.05, 0) is 25.3 Å². The van der Waals surface area contributed by atoms with Crippen molar-refractivity contribution in [3.63, 3.8) is 0 Å². The third-order valence-electron chi connectivity index (χ3n) is 3.04. The average Bonchev–Trinajstić information content (AvgIpc) is 2.35. The summed E-state index contributed by atoms with van der Waals surface area (Å²) in [6, 6.07) is 10.3. The van der Waals surface area contributed by atoms with Gasteiger partial charge in [0.2, 0.25) is 0 Å². The molecule has 18 heavy (non-hydrogen) atoms. The summed E-state index contributed by atoms with van der Waals surface area (Å²) in [4.78, 5) is 11.7. The maximum Gasteiger partial charge on any atom is 0.325 e. The molecule has 0 spiro atoms. The van der Waals surface area contributed by atoms with E-state index in [4.69, 9.17) is 4.74 Å². The zero-order valence-corrected chi connectivity index (χ0v) is 11.9. The van der Waals surface area contributed by atoms with Crippen molar-refractivity contribution in [1.82, 2.24) is 5.32 Å². The fourth-order valence-electron chi connectivity index (χ4n) is 2.00. The number of carbonyl (C=O) groups is 1. The highest BCUT2D eigenvalue weighted by atomic mass is 16.5. The second-order valence-corrected chi connectivity index (χ2v) is 5.39. The smallest absolute Gasteiger partial charge is 0.325 e. The van der Waals surface area contributed by atoms with Crippen molar-refractivity contribution in [3.05, 3.63) is 35.9 Å². The Morgan fingerprint density at radius 1 is 1.22 bits per heavy atom. The Labute approximate surface area is 110 Å². The molecule has 1 N–H and O–H groups in total. The van der Waals surface area contributed by atoms with Crippen LogP contribution in [0.3, 0.4) is 0 Å². The van der Waals surface area contributed by atoms with E-state index in [0.29, 0.717) is 5.92 Å². The van der Waals surface area contributed by atoms with Gasteiger partial charge in [0.05, 0.1) is 7.11 Å². The SMILES string of the molecule is COC(=O)C(C)(C)NC(c1ccccc1)C(C)C. The summed E-state index contributed by atoms with van der Waals surface area (Å²) in [5, 5.41) is 3.39. The minimum absolute atomic E-state index is 0.125. The third kappa shape index (κ3) is 3.57. The second kappa shape index (κ2) is 6.01. The molecule has 0 aromatic heterocycles. The molecule has 0 saturated carbocycles. The van der Waals surface area contributed by atoms with Gasteiger partial charge < -0.3 is 4.74 Å². The van der Waals surface area contributed by atoms with Gasteiger partial charge in [0.1, 0.15) is 5.54 Å². The van der Waals surface area contributed by atoms with Crippen LogP contribution in [0.1, 0.15) is 39.3 Å². The first-order valence-corrected chi connectivity index (χ1v) is 6.29. The van der Waals surface area contributed by atoms with E-state index in [1.807, 2.05) is 32.0 Å². The molecule has 1 aromatic rings. The molecular weight excluding hydrogens is 226 g/mol. The summed E-state index contributed by atoms with van der Waals surface area (Å²) in [5.41, 5.74) is 0.490. The first-order valence-electron chi connectivity index (χ1n) is 6.29. The Morgan fingerprint density at radius 2 is 1.78 bits per heavy atom. The molecule has 0 fully saturated rings. The van der Waals surface area contributed by atoms with Gasteiger partial charge in [0.25, 0.3) is 0 Å². The van der Waals surface area contributed by atoms with E-state index in [-0.39, 0.29) is 12.0 Å². The number of hydrogen-bond acceptors (Lipinski definition) is 3. The minimum Gasteiger partial charge on any atom is -0.468 e. The summed E-state index contributed by atoms with van der Waals surface area (Å²) < 4.78 is 4.83. The molecule has 0 aliphatic rings. The van der Waals surface area contributed by atoms with Crippen LogP contribution in [0.5, 0.6) is 0 Å². The van der Waals surface area contributed by atoms with Crippen molar-refractivity contribution >= 4 is 5.97 Å². The number of carbonyl (C=O) groups excluding carboxylic acids is 1. The van der Waals surface area contributed by atoms with E-state index >= 15 is 0 Å². The lowest BCUT2D eigenvalue weighted by atomic mass is 9.92. The van der Waals surface area contributed by atoms with Gasteiger partial charge in [-0.2, -0.15) is 0 Å². The molecule has 0 amide bonds. The molecular formula is C15H23NO2. The maximum absolute atomic E-state index is 11.7. The number of ether oxygens (including phenoxy) is 1. The van der Waals surface area contributed by atoms with Crippen LogP contribution in [-0.4, -0.2) is 18.6 Å². The highest BCUT2D eigenvalue weighted by Gasteiger charge is 2.32. The van der Waals surface area contributed by atoms with Crippen LogP contribution >= 0.6 is 0 Å². The molecule has 1 aromatic carbocycles. The summed E-state index contributed by atoms with van der Waals surface area (Å²) in [6.45, 7) is 7.96. The standard InChI is InChI=1S/C15H23NO2/c1-11(2)13(12-9-7-6-8-10-12)16-15(3,4)14(17)18-5/h6-11,13,16H,1-5H3. The summed E-state index contributed by atoms with van der Waals surface area (Å²) in [7, 11) is 1.42. The Kier molecular flexibility index (Phi) is 4.91. The lowest BCUT2D eigenvalue weighted by Crippen LogP contribution is -2.50. The van der Waals surface area contributed by atoms with Crippen LogP contribution < -0.4 is 5.32 Å². The molecule has 0 radical (unpaired) electrons. The van der Waals surface area contributed by atoms with Crippen molar-refractivity contribution in [2.75, 3.05) is 7.11 Å². The van der Waals surface area contributed by atoms with Crippen LogP contribution in [0.2, 0.25) is 0 Å². The summed E-state index contributed by atoms with van der Waals surface area (Å²) in [6.07, 6.45) is 0. The van der Waals surface area contributed by atoms with Crippen LogP contribution in [0, 0.1) is 5.92 Å². The highest BCUT2D eigenvalue weighted by Crippen LogP contribution is 2.24. The van der Waals surface area contributed by atoms with Crippen LogP contribution in [0.4, 0.5) is 0 Å². The quantitative estimate of drug-likeness (QED) is 0.815. The van der Waals surface area contributed by atoms with E-state index < -0.39 is 5.54 Å². The zero-order chi connectivity index (χ0) is 13.8. The van der Waals surface area contributed by atoms with E-state index in [1.165, 1.54) is 12.7 Å². The highest BCUT2D eigenvalue weighted by molar-refractivity contribution is 5.79. The molecule has 0 aliphatic carbocycles. The van der Waals surface area contributed by atoms with E-state index in [1.54, 1.807) is 0 Å². The van der Waals surface area contributed by atoms with Gasteiger partial charge in [0.15, 0.2) is 0 Å². The Hall–Kier alpha value is -1.35.